The molecule has 1 aliphatic rings. The molecule has 1 atom stereocenters. The number of hydrogen-bond acceptors (Lipinski definition) is 6. The Morgan fingerprint density at radius 2 is 1.95 bits per heavy atom. The number of allylic oxidation sites excluding steroid dienone is 2. The lowest BCUT2D eigenvalue weighted by Crippen LogP contribution is -2.30. The number of carbonyl (C=O) groups is 2. The van der Waals surface area contributed by atoms with E-state index in [1.165, 1.54) is 31.2 Å². The fourth-order valence-corrected chi connectivity index (χ4v) is 4.96. The van der Waals surface area contributed by atoms with Crippen molar-refractivity contribution in [1.29, 1.82) is 5.26 Å². The Morgan fingerprint density at radius 3 is 2.61 bits per heavy atom. The number of ether oxygens (including phenoxy) is 1. The molecule has 3 rings (SSSR count). The van der Waals surface area contributed by atoms with Crippen LogP contribution in [-0.4, -0.2) is 24.2 Å². The summed E-state index contributed by atoms with van der Waals surface area (Å²) in [6, 6.07) is 11.7. The molecule has 1 unspecified atom stereocenters. The number of nitrogens with one attached hydrogen (secondary N) is 2. The van der Waals surface area contributed by atoms with Crippen LogP contribution in [-0.2, 0) is 20.5 Å². The Kier molecular flexibility index (Phi) is 9.31. The summed E-state index contributed by atoms with van der Waals surface area (Å²) in [4.78, 5) is 25.6. The second-order valence-corrected chi connectivity index (χ2v) is 9.57. The Hall–Kier alpha value is -3.68. The van der Waals surface area contributed by atoms with Crippen molar-refractivity contribution in [3.05, 3.63) is 98.7 Å². The molecule has 0 saturated carbocycles. The highest BCUT2D eigenvalue weighted by Gasteiger charge is 2.41. The zero-order chi connectivity index (χ0) is 28.0. The number of halogens is 4. The van der Waals surface area contributed by atoms with E-state index in [0.29, 0.717) is 16.3 Å². The molecule has 0 aliphatic carbocycles. The minimum Gasteiger partial charge on any atom is -0.458 e. The molecule has 1 amide bonds. The van der Waals surface area contributed by atoms with E-state index in [1.54, 1.807) is 25.1 Å². The van der Waals surface area contributed by atoms with Crippen LogP contribution in [0.1, 0.15) is 29.5 Å². The molecule has 11 heteroatoms. The number of nitrogens with zero attached hydrogens (tertiary/aromatic N) is 1. The predicted octanol–water partition coefficient (Wildman–Crippen LogP) is 6.46. The van der Waals surface area contributed by atoms with Crippen molar-refractivity contribution in [1.82, 2.24) is 5.32 Å². The molecule has 2 aromatic carbocycles. The number of alkyl halides is 3. The van der Waals surface area contributed by atoms with E-state index in [-0.39, 0.29) is 39.8 Å². The first-order chi connectivity index (χ1) is 18.0. The molecule has 0 bridgehead atoms. The van der Waals surface area contributed by atoms with Gasteiger partial charge in [-0.1, -0.05) is 60.3 Å². The molecular weight excluding hydrogens is 539 g/mol. The van der Waals surface area contributed by atoms with Gasteiger partial charge in [0.25, 0.3) is 0 Å². The SMILES string of the molecule is C=CCOC(=O)C1=C(C)NC(SCC(=O)Nc2cccc(Cl)c2C)=C(C#N)C1c1ccccc1C(F)(F)F. The van der Waals surface area contributed by atoms with Crippen LogP contribution in [0.5, 0.6) is 0 Å². The second kappa shape index (κ2) is 12.2. The second-order valence-electron chi connectivity index (χ2n) is 8.17. The minimum atomic E-state index is -4.74. The van der Waals surface area contributed by atoms with E-state index < -0.39 is 29.5 Å². The van der Waals surface area contributed by atoms with Crippen molar-refractivity contribution in [2.45, 2.75) is 25.9 Å². The average molecular weight is 562 g/mol. The standard InChI is InChI=1S/C27H23ClF3N3O3S/c1-4-12-37-26(36)23-16(3)33-25(38-14-22(35)34-21-11-7-10-20(28)15(21)2)18(13-32)24(23)17-8-5-6-9-19(17)27(29,30)31/h4-11,24,33H,1,12,14H2,2-3H3,(H,34,35). The van der Waals surface area contributed by atoms with Crippen LogP contribution in [0.4, 0.5) is 18.9 Å². The third-order valence-electron chi connectivity index (χ3n) is 5.67. The number of anilines is 1. The first-order valence-electron chi connectivity index (χ1n) is 11.2. The molecule has 0 saturated heterocycles. The Bertz CT molecular complexity index is 1380. The minimum absolute atomic E-state index is 0.136. The van der Waals surface area contributed by atoms with Crippen LogP contribution in [0.25, 0.3) is 0 Å². The van der Waals surface area contributed by atoms with Crippen LogP contribution in [0.15, 0.2) is 77.0 Å². The van der Waals surface area contributed by atoms with Gasteiger partial charge in [-0.3, -0.25) is 4.79 Å². The van der Waals surface area contributed by atoms with Gasteiger partial charge < -0.3 is 15.4 Å². The van der Waals surface area contributed by atoms with Gasteiger partial charge in [-0.25, -0.2) is 4.79 Å². The fraction of sp³-hybridized carbons (Fsp3) is 0.222. The lowest BCUT2D eigenvalue weighted by atomic mass is 9.80. The van der Waals surface area contributed by atoms with Crippen LogP contribution in [0.2, 0.25) is 5.02 Å². The van der Waals surface area contributed by atoms with Gasteiger partial charge in [0.05, 0.1) is 39.5 Å². The summed E-state index contributed by atoms with van der Waals surface area (Å²) in [6.07, 6.45) is -3.42. The number of carbonyl (C=O) groups excluding carboxylic acids is 2. The summed E-state index contributed by atoms with van der Waals surface area (Å²) >= 11 is 7.03. The van der Waals surface area contributed by atoms with Crippen LogP contribution in [0, 0.1) is 18.3 Å². The van der Waals surface area contributed by atoms with E-state index in [9.17, 15) is 28.0 Å². The number of esters is 1. The van der Waals surface area contributed by atoms with E-state index in [1.807, 2.05) is 6.07 Å². The molecule has 198 valence electrons. The van der Waals surface area contributed by atoms with Gasteiger partial charge in [0.1, 0.15) is 6.61 Å². The number of dihydropyridines is 1. The van der Waals surface area contributed by atoms with Crippen molar-refractivity contribution in [3.8, 4) is 6.07 Å². The Labute approximate surface area is 227 Å². The molecule has 38 heavy (non-hydrogen) atoms. The maximum Gasteiger partial charge on any atom is 0.416 e. The fourth-order valence-electron chi connectivity index (χ4n) is 3.89. The molecule has 0 radical (unpaired) electrons. The van der Waals surface area contributed by atoms with Crippen molar-refractivity contribution in [3.63, 3.8) is 0 Å². The molecule has 1 aliphatic heterocycles. The highest BCUT2D eigenvalue weighted by Crippen LogP contribution is 2.45. The number of amides is 1. The quantitative estimate of drug-likeness (QED) is 0.284. The van der Waals surface area contributed by atoms with E-state index in [2.05, 4.69) is 17.2 Å². The normalized spacial score (nSPS) is 15.4. The lowest BCUT2D eigenvalue weighted by Gasteiger charge is -2.30. The summed E-state index contributed by atoms with van der Waals surface area (Å²) in [5.41, 5.74) is -0.160. The van der Waals surface area contributed by atoms with Gasteiger partial charge in [0.2, 0.25) is 5.91 Å². The summed E-state index contributed by atoms with van der Waals surface area (Å²) in [5, 5.41) is 16.3. The van der Waals surface area contributed by atoms with Gasteiger partial charge in [-0.2, -0.15) is 18.4 Å². The lowest BCUT2D eigenvalue weighted by molar-refractivity contribution is -0.140. The summed E-state index contributed by atoms with van der Waals surface area (Å²) < 4.78 is 47.0. The van der Waals surface area contributed by atoms with Crippen LogP contribution < -0.4 is 10.6 Å². The number of benzene rings is 2. The predicted molar refractivity (Wildman–Crippen MR) is 141 cm³/mol. The van der Waals surface area contributed by atoms with Crippen molar-refractivity contribution >= 4 is 40.9 Å². The number of nitriles is 1. The van der Waals surface area contributed by atoms with E-state index in [4.69, 9.17) is 16.3 Å². The first kappa shape index (κ1) is 28.9. The van der Waals surface area contributed by atoms with Gasteiger partial charge in [-0.15, -0.1) is 0 Å². The molecule has 0 aromatic heterocycles. The van der Waals surface area contributed by atoms with Crippen molar-refractivity contribution in [2.75, 3.05) is 17.7 Å². The van der Waals surface area contributed by atoms with Gasteiger partial charge in [0.15, 0.2) is 0 Å². The smallest absolute Gasteiger partial charge is 0.416 e. The largest absolute Gasteiger partial charge is 0.458 e. The zero-order valence-corrected chi connectivity index (χ0v) is 22.0. The highest BCUT2D eigenvalue weighted by atomic mass is 35.5. The third-order valence-corrected chi connectivity index (χ3v) is 7.09. The summed E-state index contributed by atoms with van der Waals surface area (Å²) in [7, 11) is 0. The number of rotatable bonds is 8. The van der Waals surface area contributed by atoms with Crippen molar-refractivity contribution < 1.29 is 27.5 Å². The highest BCUT2D eigenvalue weighted by molar-refractivity contribution is 8.03. The number of hydrogen-bond donors (Lipinski definition) is 2. The Balaban J connectivity index is 2.01. The molecule has 6 nitrogen and oxygen atoms in total. The monoisotopic (exact) mass is 561 g/mol. The first-order valence-corrected chi connectivity index (χ1v) is 12.6. The number of thioether (sulfide) groups is 1. The molecular formula is C27H23ClF3N3O3S. The van der Waals surface area contributed by atoms with Gasteiger partial charge >= 0.3 is 12.1 Å². The zero-order valence-electron chi connectivity index (χ0n) is 20.4. The van der Waals surface area contributed by atoms with Gasteiger partial charge in [0, 0.05) is 16.4 Å². The van der Waals surface area contributed by atoms with E-state index in [0.717, 1.165) is 17.8 Å². The van der Waals surface area contributed by atoms with E-state index >= 15 is 0 Å². The molecule has 0 fully saturated rings. The van der Waals surface area contributed by atoms with Crippen LogP contribution >= 0.6 is 23.4 Å². The van der Waals surface area contributed by atoms with Crippen LogP contribution in [0.3, 0.4) is 0 Å². The Morgan fingerprint density at radius 1 is 1.24 bits per heavy atom. The van der Waals surface area contributed by atoms with Gasteiger partial charge in [-0.05, 0) is 43.2 Å². The maximum atomic E-state index is 14.0. The third kappa shape index (κ3) is 6.41. The maximum absolute atomic E-state index is 14.0. The topological polar surface area (TPSA) is 91.2 Å². The van der Waals surface area contributed by atoms with Crippen molar-refractivity contribution in [2.24, 2.45) is 0 Å². The summed E-state index contributed by atoms with van der Waals surface area (Å²) in [5.74, 6) is -2.85. The summed E-state index contributed by atoms with van der Waals surface area (Å²) in [6.45, 7) is 6.55. The average Bonchev–Trinajstić information content (AvgIpc) is 2.87. The molecule has 2 aromatic rings. The molecule has 0 spiro atoms. The molecule has 2 N–H and O–H groups in total. The molecule has 1 heterocycles.